The summed E-state index contributed by atoms with van der Waals surface area (Å²) in [5.74, 6) is -0.191. The van der Waals surface area contributed by atoms with Crippen LogP contribution in [0.25, 0.3) is 0 Å². The maximum atomic E-state index is 13.8. The molecule has 2 N–H and O–H groups in total. The normalized spacial score (nSPS) is 10.5. The van der Waals surface area contributed by atoms with Gasteiger partial charge < -0.3 is 24.6 Å². The molecule has 0 fully saturated rings. The Hall–Kier alpha value is -3.45. The number of benzene rings is 3. The Balaban J connectivity index is 1.78. The van der Waals surface area contributed by atoms with Gasteiger partial charge in [-0.05, 0) is 42.0 Å². The first kappa shape index (κ1) is 22.2. The molecule has 3 rings (SSSR count). The standard InChI is InChI=1S/C23H21ClFNO5/c1-29-20-8-7-15(23(27)28)11-19(20)26-12-14-9-17(24)22(21(10-14)30-2)31-13-16-5-3-4-6-18(16)25/h3-11,26H,12-13H2,1-2H3,(H,27,28). The van der Waals surface area contributed by atoms with Gasteiger partial charge in [0.05, 0.1) is 30.5 Å². The van der Waals surface area contributed by atoms with Crippen LogP contribution in [0.3, 0.4) is 0 Å². The van der Waals surface area contributed by atoms with Crippen molar-refractivity contribution in [1.82, 2.24) is 0 Å². The second-order valence-corrected chi connectivity index (χ2v) is 6.97. The molecule has 31 heavy (non-hydrogen) atoms. The van der Waals surface area contributed by atoms with E-state index in [1.807, 2.05) is 0 Å². The maximum absolute atomic E-state index is 13.8. The molecule has 0 aliphatic rings. The monoisotopic (exact) mass is 445 g/mol. The molecule has 0 atom stereocenters. The lowest BCUT2D eigenvalue weighted by Crippen LogP contribution is -2.05. The highest BCUT2D eigenvalue weighted by Crippen LogP contribution is 2.37. The van der Waals surface area contributed by atoms with Crippen molar-refractivity contribution in [3.05, 3.63) is 82.1 Å². The predicted molar refractivity (Wildman–Crippen MR) is 116 cm³/mol. The Bertz CT molecular complexity index is 1090. The van der Waals surface area contributed by atoms with E-state index in [-0.39, 0.29) is 18.0 Å². The van der Waals surface area contributed by atoms with Crippen LogP contribution < -0.4 is 19.5 Å². The molecule has 0 unspecified atom stereocenters. The molecule has 0 aromatic heterocycles. The van der Waals surface area contributed by atoms with Gasteiger partial charge in [0.1, 0.15) is 18.2 Å². The number of carboxylic acids is 1. The fourth-order valence-electron chi connectivity index (χ4n) is 2.96. The van der Waals surface area contributed by atoms with Crippen LogP contribution in [0.1, 0.15) is 21.5 Å². The van der Waals surface area contributed by atoms with Crippen molar-refractivity contribution < 1.29 is 28.5 Å². The van der Waals surface area contributed by atoms with E-state index in [2.05, 4.69) is 5.32 Å². The number of carboxylic acid groups (broad SMARTS) is 1. The number of aromatic carboxylic acids is 1. The lowest BCUT2D eigenvalue weighted by Gasteiger charge is -2.16. The average molecular weight is 446 g/mol. The van der Waals surface area contributed by atoms with Crippen molar-refractivity contribution in [3.63, 3.8) is 0 Å². The summed E-state index contributed by atoms with van der Waals surface area (Å²) in [4.78, 5) is 11.2. The molecule has 0 spiro atoms. The highest BCUT2D eigenvalue weighted by molar-refractivity contribution is 6.32. The van der Waals surface area contributed by atoms with Crippen LogP contribution in [0.4, 0.5) is 10.1 Å². The number of halogens is 2. The van der Waals surface area contributed by atoms with E-state index >= 15 is 0 Å². The van der Waals surface area contributed by atoms with E-state index in [0.717, 1.165) is 5.56 Å². The minimum atomic E-state index is -1.04. The predicted octanol–water partition coefficient (Wildman–Crippen LogP) is 5.39. The molecule has 0 aliphatic carbocycles. The lowest BCUT2D eigenvalue weighted by molar-refractivity contribution is 0.0697. The zero-order chi connectivity index (χ0) is 22.4. The first-order valence-electron chi connectivity index (χ1n) is 9.30. The van der Waals surface area contributed by atoms with E-state index in [1.165, 1.54) is 32.4 Å². The molecule has 8 heteroatoms. The summed E-state index contributed by atoms with van der Waals surface area (Å²) in [6, 6.07) is 14.3. The van der Waals surface area contributed by atoms with Crippen molar-refractivity contribution in [2.24, 2.45) is 0 Å². The Morgan fingerprint density at radius 1 is 1.06 bits per heavy atom. The molecular formula is C23H21ClFNO5. The molecule has 0 amide bonds. The molecule has 6 nitrogen and oxygen atoms in total. The second kappa shape index (κ2) is 10.0. The largest absolute Gasteiger partial charge is 0.495 e. The fourth-order valence-corrected chi connectivity index (χ4v) is 3.25. The molecule has 0 aliphatic heterocycles. The molecule has 0 saturated carbocycles. The molecule has 3 aromatic rings. The first-order chi connectivity index (χ1) is 14.9. The fraction of sp³-hybridized carbons (Fsp3) is 0.174. The Labute approximate surface area is 184 Å². The lowest BCUT2D eigenvalue weighted by atomic mass is 10.1. The van der Waals surface area contributed by atoms with Crippen molar-refractivity contribution in [3.8, 4) is 17.2 Å². The maximum Gasteiger partial charge on any atom is 0.335 e. The minimum absolute atomic E-state index is 0.000467. The van der Waals surface area contributed by atoms with E-state index in [1.54, 1.807) is 36.4 Å². The van der Waals surface area contributed by atoms with Crippen LogP contribution in [0.5, 0.6) is 17.2 Å². The van der Waals surface area contributed by atoms with Gasteiger partial charge in [-0.3, -0.25) is 0 Å². The number of rotatable bonds is 9. The van der Waals surface area contributed by atoms with Crippen molar-refractivity contribution in [1.29, 1.82) is 0 Å². The third-order valence-corrected chi connectivity index (χ3v) is 4.83. The Morgan fingerprint density at radius 3 is 2.48 bits per heavy atom. The highest BCUT2D eigenvalue weighted by atomic mass is 35.5. The summed E-state index contributed by atoms with van der Waals surface area (Å²) in [7, 11) is 2.99. The van der Waals surface area contributed by atoms with Gasteiger partial charge in [0.15, 0.2) is 11.5 Å². The van der Waals surface area contributed by atoms with Crippen LogP contribution in [-0.2, 0) is 13.2 Å². The number of methoxy groups -OCH3 is 2. The summed E-state index contributed by atoms with van der Waals surface area (Å²) >= 11 is 6.40. The summed E-state index contributed by atoms with van der Waals surface area (Å²) in [6.07, 6.45) is 0. The number of anilines is 1. The van der Waals surface area contributed by atoms with E-state index in [4.69, 9.17) is 25.8 Å². The minimum Gasteiger partial charge on any atom is -0.495 e. The Kier molecular flexibility index (Phi) is 7.20. The number of hydrogen-bond acceptors (Lipinski definition) is 5. The van der Waals surface area contributed by atoms with Crippen LogP contribution in [0, 0.1) is 5.82 Å². The van der Waals surface area contributed by atoms with Gasteiger partial charge >= 0.3 is 5.97 Å². The number of ether oxygens (including phenoxy) is 3. The number of nitrogens with one attached hydrogen (secondary N) is 1. The van der Waals surface area contributed by atoms with Crippen LogP contribution >= 0.6 is 11.6 Å². The smallest absolute Gasteiger partial charge is 0.335 e. The first-order valence-corrected chi connectivity index (χ1v) is 9.68. The summed E-state index contributed by atoms with van der Waals surface area (Å²) in [6.45, 7) is 0.322. The second-order valence-electron chi connectivity index (χ2n) is 6.56. The average Bonchev–Trinajstić information content (AvgIpc) is 2.77. The van der Waals surface area contributed by atoms with Crippen molar-refractivity contribution in [2.75, 3.05) is 19.5 Å². The van der Waals surface area contributed by atoms with Crippen LogP contribution in [-0.4, -0.2) is 25.3 Å². The zero-order valence-electron chi connectivity index (χ0n) is 16.9. The summed E-state index contributed by atoms with van der Waals surface area (Å²) in [5.41, 5.74) is 1.83. The van der Waals surface area contributed by atoms with Gasteiger partial charge in [0, 0.05) is 12.1 Å². The topological polar surface area (TPSA) is 77.0 Å². The van der Waals surface area contributed by atoms with Crippen molar-refractivity contribution >= 4 is 23.3 Å². The van der Waals surface area contributed by atoms with E-state index < -0.39 is 5.97 Å². The zero-order valence-corrected chi connectivity index (χ0v) is 17.7. The number of carbonyl (C=O) groups is 1. The van der Waals surface area contributed by atoms with E-state index in [0.29, 0.717) is 40.1 Å². The van der Waals surface area contributed by atoms with Gasteiger partial charge in [-0.1, -0.05) is 29.8 Å². The summed E-state index contributed by atoms with van der Waals surface area (Å²) < 4.78 is 30.2. The van der Waals surface area contributed by atoms with Gasteiger partial charge in [-0.2, -0.15) is 0 Å². The molecule has 0 saturated heterocycles. The third-order valence-electron chi connectivity index (χ3n) is 4.55. The van der Waals surface area contributed by atoms with E-state index in [9.17, 15) is 14.3 Å². The third kappa shape index (κ3) is 5.38. The summed E-state index contributed by atoms with van der Waals surface area (Å²) in [5, 5.41) is 12.7. The molecule has 0 heterocycles. The van der Waals surface area contributed by atoms with Gasteiger partial charge in [-0.15, -0.1) is 0 Å². The quantitative estimate of drug-likeness (QED) is 0.460. The molecule has 0 bridgehead atoms. The van der Waals surface area contributed by atoms with Crippen LogP contribution in [0.15, 0.2) is 54.6 Å². The number of hydrogen-bond donors (Lipinski definition) is 2. The van der Waals surface area contributed by atoms with Gasteiger partial charge in [0.25, 0.3) is 0 Å². The highest BCUT2D eigenvalue weighted by Gasteiger charge is 2.14. The molecule has 0 radical (unpaired) electrons. The molecular weight excluding hydrogens is 425 g/mol. The molecule has 162 valence electrons. The SMILES string of the molecule is COc1ccc(C(=O)O)cc1NCc1cc(Cl)c(OCc2ccccc2F)c(OC)c1. The van der Waals surface area contributed by atoms with Gasteiger partial charge in [0.2, 0.25) is 0 Å². The Morgan fingerprint density at radius 2 is 1.81 bits per heavy atom. The molecule has 3 aromatic carbocycles. The van der Waals surface area contributed by atoms with Gasteiger partial charge in [-0.25, -0.2) is 9.18 Å². The van der Waals surface area contributed by atoms with Crippen LogP contribution in [0.2, 0.25) is 5.02 Å². The van der Waals surface area contributed by atoms with Crippen molar-refractivity contribution in [2.45, 2.75) is 13.2 Å².